The molecular weight excluding hydrogens is 210 g/mol. The Labute approximate surface area is 91.8 Å². The summed E-state index contributed by atoms with van der Waals surface area (Å²) >= 11 is 0. The highest BCUT2D eigenvalue weighted by atomic mass is 32.2. The molecule has 0 atom stereocenters. The topological polar surface area (TPSA) is 37.4 Å². The highest BCUT2D eigenvalue weighted by molar-refractivity contribution is 7.92. The van der Waals surface area contributed by atoms with Crippen LogP contribution in [0.5, 0.6) is 0 Å². The molecule has 0 spiro atoms. The molecule has 3 nitrogen and oxygen atoms in total. The Hall–Kier alpha value is -1.03. The van der Waals surface area contributed by atoms with E-state index in [0.29, 0.717) is 5.92 Å². The van der Waals surface area contributed by atoms with E-state index in [0.717, 1.165) is 11.3 Å². The lowest BCUT2D eigenvalue weighted by molar-refractivity contribution is 0.600. The third-order valence-electron chi connectivity index (χ3n) is 2.40. The van der Waals surface area contributed by atoms with Crippen molar-refractivity contribution in [3.63, 3.8) is 0 Å². The van der Waals surface area contributed by atoms with E-state index in [1.54, 1.807) is 7.05 Å². The van der Waals surface area contributed by atoms with Crippen LogP contribution in [0.15, 0.2) is 24.3 Å². The molecule has 0 unspecified atom stereocenters. The number of anilines is 1. The van der Waals surface area contributed by atoms with Gasteiger partial charge in [0.15, 0.2) is 0 Å². The van der Waals surface area contributed by atoms with E-state index in [1.165, 1.54) is 10.6 Å². The molecule has 15 heavy (non-hydrogen) atoms. The van der Waals surface area contributed by atoms with Crippen LogP contribution in [0.1, 0.15) is 25.3 Å². The van der Waals surface area contributed by atoms with Gasteiger partial charge >= 0.3 is 0 Å². The molecule has 0 heterocycles. The molecule has 1 aromatic rings. The molecule has 1 rings (SSSR count). The number of hydrogen-bond donors (Lipinski definition) is 0. The van der Waals surface area contributed by atoms with Crippen molar-refractivity contribution < 1.29 is 8.42 Å². The minimum absolute atomic E-state index is 0.311. The molecule has 0 aliphatic carbocycles. The number of para-hydroxylation sites is 1. The fraction of sp³-hybridized carbons (Fsp3) is 0.455. The molecule has 0 fully saturated rings. The minimum atomic E-state index is -3.18. The van der Waals surface area contributed by atoms with Crippen molar-refractivity contribution in [2.75, 3.05) is 17.6 Å². The van der Waals surface area contributed by atoms with E-state index in [-0.39, 0.29) is 0 Å². The fourth-order valence-electron chi connectivity index (χ4n) is 1.44. The zero-order valence-electron chi connectivity index (χ0n) is 9.56. The Morgan fingerprint density at radius 1 is 1.20 bits per heavy atom. The van der Waals surface area contributed by atoms with E-state index in [2.05, 4.69) is 13.8 Å². The van der Waals surface area contributed by atoms with Gasteiger partial charge in [0.05, 0.1) is 11.9 Å². The van der Waals surface area contributed by atoms with Gasteiger partial charge in [0.1, 0.15) is 0 Å². The zero-order chi connectivity index (χ0) is 11.6. The highest BCUT2D eigenvalue weighted by Crippen LogP contribution is 2.27. The Morgan fingerprint density at radius 2 is 1.73 bits per heavy atom. The molecule has 0 saturated heterocycles. The lowest BCUT2D eigenvalue weighted by atomic mass is 10.0. The quantitative estimate of drug-likeness (QED) is 0.794. The van der Waals surface area contributed by atoms with Gasteiger partial charge in [-0.25, -0.2) is 8.42 Å². The summed E-state index contributed by atoms with van der Waals surface area (Å²) in [5.74, 6) is 0.311. The largest absolute Gasteiger partial charge is 0.273 e. The lowest BCUT2D eigenvalue weighted by Gasteiger charge is -2.21. The first-order valence-corrected chi connectivity index (χ1v) is 6.71. The Bertz CT molecular complexity index is 438. The van der Waals surface area contributed by atoms with Crippen molar-refractivity contribution in [2.45, 2.75) is 19.8 Å². The molecule has 0 saturated carbocycles. The standard InChI is InChI=1S/C11H17NO2S/c1-9(2)10-7-5-6-8-11(10)12(3)15(4,13)14/h5-9H,1-4H3. The van der Waals surface area contributed by atoms with E-state index in [9.17, 15) is 8.42 Å². The summed E-state index contributed by atoms with van der Waals surface area (Å²) in [7, 11) is -1.60. The monoisotopic (exact) mass is 227 g/mol. The Kier molecular flexibility index (Phi) is 3.39. The van der Waals surface area contributed by atoms with Gasteiger partial charge in [0.2, 0.25) is 10.0 Å². The molecule has 0 bridgehead atoms. The van der Waals surface area contributed by atoms with Crippen molar-refractivity contribution in [3.8, 4) is 0 Å². The van der Waals surface area contributed by atoms with Gasteiger partial charge in [0.25, 0.3) is 0 Å². The molecule has 1 aromatic carbocycles. The molecular formula is C11H17NO2S. The molecule has 4 heteroatoms. The predicted molar refractivity (Wildman–Crippen MR) is 63.8 cm³/mol. The van der Waals surface area contributed by atoms with Crippen LogP contribution in [-0.2, 0) is 10.0 Å². The Morgan fingerprint density at radius 3 is 2.20 bits per heavy atom. The van der Waals surface area contributed by atoms with Crippen molar-refractivity contribution >= 4 is 15.7 Å². The van der Waals surface area contributed by atoms with Crippen LogP contribution < -0.4 is 4.31 Å². The number of rotatable bonds is 3. The summed E-state index contributed by atoms with van der Waals surface area (Å²) in [6, 6.07) is 7.57. The highest BCUT2D eigenvalue weighted by Gasteiger charge is 2.16. The van der Waals surface area contributed by atoms with Gasteiger partial charge in [-0.3, -0.25) is 4.31 Å². The summed E-state index contributed by atoms with van der Waals surface area (Å²) < 4.78 is 24.2. The van der Waals surface area contributed by atoms with Gasteiger partial charge in [-0.2, -0.15) is 0 Å². The van der Waals surface area contributed by atoms with Crippen LogP contribution in [0.3, 0.4) is 0 Å². The number of sulfonamides is 1. The smallest absolute Gasteiger partial charge is 0.232 e. The van der Waals surface area contributed by atoms with E-state index < -0.39 is 10.0 Å². The summed E-state index contributed by atoms with van der Waals surface area (Å²) in [6.45, 7) is 4.10. The van der Waals surface area contributed by atoms with Crippen molar-refractivity contribution in [3.05, 3.63) is 29.8 Å². The third-order valence-corrected chi connectivity index (χ3v) is 3.59. The van der Waals surface area contributed by atoms with E-state index in [1.807, 2.05) is 24.3 Å². The first-order chi connectivity index (χ1) is 6.84. The summed E-state index contributed by atoms with van der Waals surface area (Å²) in [6.07, 6.45) is 1.21. The van der Waals surface area contributed by atoms with Crippen molar-refractivity contribution in [1.82, 2.24) is 0 Å². The molecule has 0 N–H and O–H groups in total. The second kappa shape index (κ2) is 4.23. The van der Waals surface area contributed by atoms with Crippen LogP contribution in [0.2, 0.25) is 0 Å². The fourth-order valence-corrected chi connectivity index (χ4v) is 1.96. The van der Waals surface area contributed by atoms with Crippen LogP contribution in [-0.4, -0.2) is 21.7 Å². The SMILES string of the molecule is CC(C)c1ccccc1N(C)S(C)(=O)=O. The van der Waals surface area contributed by atoms with Crippen molar-refractivity contribution in [2.24, 2.45) is 0 Å². The maximum Gasteiger partial charge on any atom is 0.232 e. The molecule has 0 aliphatic rings. The molecule has 0 aliphatic heterocycles. The van der Waals surface area contributed by atoms with Gasteiger partial charge < -0.3 is 0 Å². The molecule has 0 radical (unpaired) electrons. The maximum absolute atomic E-state index is 11.4. The summed E-state index contributed by atoms with van der Waals surface area (Å²) in [5, 5.41) is 0. The number of hydrogen-bond acceptors (Lipinski definition) is 2. The maximum atomic E-state index is 11.4. The van der Waals surface area contributed by atoms with E-state index in [4.69, 9.17) is 0 Å². The minimum Gasteiger partial charge on any atom is -0.273 e. The number of benzene rings is 1. The van der Waals surface area contributed by atoms with Crippen LogP contribution >= 0.6 is 0 Å². The second-order valence-electron chi connectivity index (χ2n) is 3.94. The van der Waals surface area contributed by atoms with Crippen LogP contribution in [0, 0.1) is 0 Å². The Balaban J connectivity index is 3.26. The van der Waals surface area contributed by atoms with Crippen LogP contribution in [0.4, 0.5) is 5.69 Å². The summed E-state index contributed by atoms with van der Waals surface area (Å²) in [4.78, 5) is 0. The normalized spacial score (nSPS) is 11.8. The van der Waals surface area contributed by atoms with Gasteiger partial charge in [-0.15, -0.1) is 0 Å². The molecule has 0 aromatic heterocycles. The summed E-state index contributed by atoms with van der Waals surface area (Å²) in [5.41, 5.74) is 1.81. The number of nitrogens with zero attached hydrogens (tertiary/aromatic N) is 1. The second-order valence-corrected chi connectivity index (χ2v) is 5.96. The first-order valence-electron chi connectivity index (χ1n) is 4.87. The van der Waals surface area contributed by atoms with Gasteiger partial charge in [-0.1, -0.05) is 32.0 Å². The molecule has 84 valence electrons. The third kappa shape index (κ3) is 2.72. The van der Waals surface area contributed by atoms with Gasteiger partial charge in [-0.05, 0) is 17.5 Å². The lowest BCUT2D eigenvalue weighted by Crippen LogP contribution is -2.26. The molecule has 0 amide bonds. The van der Waals surface area contributed by atoms with Crippen molar-refractivity contribution in [1.29, 1.82) is 0 Å². The van der Waals surface area contributed by atoms with Gasteiger partial charge in [0, 0.05) is 7.05 Å². The first kappa shape index (κ1) is 12.0. The average molecular weight is 227 g/mol. The van der Waals surface area contributed by atoms with E-state index >= 15 is 0 Å². The average Bonchev–Trinajstić information content (AvgIpc) is 2.15. The van der Waals surface area contributed by atoms with Crippen LogP contribution in [0.25, 0.3) is 0 Å². The zero-order valence-corrected chi connectivity index (χ0v) is 10.4. The predicted octanol–water partition coefficient (Wildman–Crippen LogP) is 2.21.